The van der Waals surface area contributed by atoms with E-state index in [4.69, 9.17) is 14.2 Å². The van der Waals surface area contributed by atoms with Gasteiger partial charge in [-0.15, -0.1) is 0 Å². The van der Waals surface area contributed by atoms with Crippen LogP contribution in [0.3, 0.4) is 0 Å². The average Bonchev–Trinajstić information content (AvgIpc) is 2.54. The molecule has 0 aliphatic heterocycles. The first-order valence-electron chi connectivity index (χ1n) is 6.84. The molecule has 112 valence electrons. The Bertz CT molecular complexity index is 510. The fourth-order valence-electron chi connectivity index (χ4n) is 1.80. The average molecular weight is 288 g/mol. The van der Waals surface area contributed by atoms with Crippen molar-refractivity contribution in [2.75, 3.05) is 20.3 Å². The van der Waals surface area contributed by atoms with Gasteiger partial charge in [-0.1, -0.05) is 30.3 Å². The van der Waals surface area contributed by atoms with Crippen LogP contribution in [0.1, 0.15) is 5.56 Å². The number of hydrogen-bond acceptors (Lipinski definition) is 4. The van der Waals surface area contributed by atoms with E-state index in [0.29, 0.717) is 12.4 Å². The molecule has 2 aromatic carbocycles. The summed E-state index contributed by atoms with van der Waals surface area (Å²) in [5.74, 6) is 1.46. The fourth-order valence-corrected chi connectivity index (χ4v) is 1.80. The van der Waals surface area contributed by atoms with Gasteiger partial charge in [0.15, 0.2) is 0 Å². The van der Waals surface area contributed by atoms with Crippen molar-refractivity contribution in [1.29, 1.82) is 0 Å². The lowest BCUT2D eigenvalue weighted by Crippen LogP contribution is -2.23. The topological polar surface area (TPSA) is 47.9 Å². The van der Waals surface area contributed by atoms with Gasteiger partial charge in [0.25, 0.3) is 0 Å². The number of methoxy groups -OCH3 is 1. The van der Waals surface area contributed by atoms with E-state index in [1.54, 1.807) is 19.2 Å². The predicted octanol–water partition coefficient (Wildman–Crippen LogP) is 2.65. The van der Waals surface area contributed by atoms with Gasteiger partial charge in [0.1, 0.15) is 24.2 Å². The highest BCUT2D eigenvalue weighted by Crippen LogP contribution is 2.17. The molecule has 21 heavy (non-hydrogen) atoms. The molecule has 0 unspecified atom stereocenters. The first kappa shape index (κ1) is 15.4. The number of aliphatic hydroxyl groups excluding tert-OH is 1. The normalized spacial score (nSPS) is 11.9. The Morgan fingerprint density at radius 3 is 2.24 bits per heavy atom. The van der Waals surface area contributed by atoms with E-state index in [1.807, 2.05) is 42.5 Å². The molecule has 1 atom stereocenters. The standard InChI is InChI=1S/C17H20O4/c1-19-16-7-9-17(10-8-16)21-13-15(18)12-20-11-14-5-3-2-4-6-14/h2-10,15,18H,11-13H2,1H3/t15-/m0/s1. The summed E-state index contributed by atoms with van der Waals surface area (Å²) in [6.45, 7) is 0.923. The summed E-state index contributed by atoms with van der Waals surface area (Å²) < 4.78 is 16.0. The summed E-state index contributed by atoms with van der Waals surface area (Å²) in [5, 5.41) is 9.81. The van der Waals surface area contributed by atoms with Crippen LogP contribution in [-0.4, -0.2) is 31.5 Å². The van der Waals surface area contributed by atoms with Gasteiger partial charge < -0.3 is 19.3 Å². The van der Waals surface area contributed by atoms with Crippen molar-refractivity contribution in [3.05, 3.63) is 60.2 Å². The summed E-state index contributed by atoms with van der Waals surface area (Å²) in [6.07, 6.45) is -0.657. The van der Waals surface area contributed by atoms with Crippen LogP contribution in [-0.2, 0) is 11.3 Å². The van der Waals surface area contributed by atoms with E-state index in [-0.39, 0.29) is 13.2 Å². The van der Waals surface area contributed by atoms with Gasteiger partial charge in [-0.05, 0) is 29.8 Å². The van der Waals surface area contributed by atoms with Gasteiger partial charge in [-0.25, -0.2) is 0 Å². The summed E-state index contributed by atoms with van der Waals surface area (Å²) in [7, 11) is 1.61. The van der Waals surface area contributed by atoms with Crippen molar-refractivity contribution in [3.8, 4) is 11.5 Å². The van der Waals surface area contributed by atoms with Crippen LogP contribution < -0.4 is 9.47 Å². The quantitative estimate of drug-likeness (QED) is 0.811. The van der Waals surface area contributed by atoms with Crippen LogP contribution in [0, 0.1) is 0 Å². The largest absolute Gasteiger partial charge is 0.497 e. The zero-order valence-electron chi connectivity index (χ0n) is 12.1. The molecule has 0 bridgehead atoms. The molecule has 2 aromatic rings. The number of hydrogen-bond donors (Lipinski definition) is 1. The first-order chi connectivity index (χ1) is 10.3. The maximum Gasteiger partial charge on any atom is 0.119 e. The van der Waals surface area contributed by atoms with E-state index >= 15 is 0 Å². The Balaban J connectivity index is 1.66. The monoisotopic (exact) mass is 288 g/mol. The Labute approximate surface area is 124 Å². The van der Waals surface area contributed by atoms with Crippen LogP contribution in [0.2, 0.25) is 0 Å². The van der Waals surface area contributed by atoms with Crippen LogP contribution in [0.4, 0.5) is 0 Å². The number of ether oxygens (including phenoxy) is 3. The molecule has 0 radical (unpaired) electrons. The third-order valence-electron chi connectivity index (χ3n) is 2.92. The van der Waals surface area contributed by atoms with Gasteiger partial charge >= 0.3 is 0 Å². The third kappa shape index (κ3) is 5.45. The second-order valence-corrected chi connectivity index (χ2v) is 4.64. The highest BCUT2D eigenvalue weighted by molar-refractivity contribution is 5.31. The highest BCUT2D eigenvalue weighted by atomic mass is 16.5. The maximum atomic E-state index is 9.81. The van der Waals surface area contributed by atoms with Crippen LogP contribution in [0.15, 0.2) is 54.6 Å². The summed E-state index contributed by atoms with van der Waals surface area (Å²) in [4.78, 5) is 0. The van der Waals surface area contributed by atoms with E-state index in [2.05, 4.69) is 0 Å². The van der Waals surface area contributed by atoms with Gasteiger partial charge in [0.2, 0.25) is 0 Å². The second-order valence-electron chi connectivity index (χ2n) is 4.64. The molecule has 0 aliphatic rings. The molecule has 0 fully saturated rings. The van der Waals surface area contributed by atoms with Crippen LogP contribution in [0.25, 0.3) is 0 Å². The molecule has 0 aliphatic carbocycles. The summed E-state index contributed by atoms with van der Waals surface area (Å²) >= 11 is 0. The lowest BCUT2D eigenvalue weighted by Gasteiger charge is -2.13. The van der Waals surface area contributed by atoms with Crippen LogP contribution in [0.5, 0.6) is 11.5 Å². The Kier molecular flexibility index (Phi) is 6.06. The van der Waals surface area contributed by atoms with Crippen molar-refractivity contribution in [3.63, 3.8) is 0 Å². The Morgan fingerprint density at radius 1 is 0.905 bits per heavy atom. The molecule has 0 saturated heterocycles. The minimum atomic E-state index is -0.657. The zero-order valence-corrected chi connectivity index (χ0v) is 12.1. The van der Waals surface area contributed by atoms with Crippen molar-refractivity contribution in [2.45, 2.75) is 12.7 Å². The van der Waals surface area contributed by atoms with Gasteiger partial charge in [-0.2, -0.15) is 0 Å². The molecular formula is C17H20O4. The lowest BCUT2D eigenvalue weighted by atomic mass is 10.2. The Hall–Kier alpha value is -2.04. The Morgan fingerprint density at radius 2 is 1.57 bits per heavy atom. The number of aliphatic hydroxyl groups is 1. The number of rotatable bonds is 8. The number of benzene rings is 2. The van der Waals surface area contributed by atoms with Gasteiger partial charge in [0, 0.05) is 0 Å². The first-order valence-corrected chi connectivity index (χ1v) is 6.84. The van der Waals surface area contributed by atoms with E-state index in [1.165, 1.54) is 0 Å². The van der Waals surface area contributed by atoms with Gasteiger partial charge in [-0.3, -0.25) is 0 Å². The van der Waals surface area contributed by atoms with E-state index < -0.39 is 6.10 Å². The van der Waals surface area contributed by atoms with Crippen molar-refractivity contribution in [2.24, 2.45) is 0 Å². The van der Waals surface area contributed by atoms with Crippen LogP contribution >= 0.6 is 0 Å². The summed E-state index contributed by atoms with van der Waals surface area (Å²) in [5.41, 5.74) is 1.08. The summed E-state index contributed by atoms with van der Waals surface area (Å²) in [6, 6.07) is 17.1. The van der Waals surface area contributed by atoms with Crippen molar-refractivity contribution >= 4 is 0 Å². The second kappa shape index (κ2) is 8.29. The van der Waals surface area contributed by atoms with Crippen molar-refractivity contribution < 1.29 is 19.3 Å². The molecule has 0 amide bonds. The molecular weight excluding hydrogens is 268 g/mol. The maximum absolute atomic E-state index is 9.81. The molecule has 4 heteroatoms. The predicted molar refractivity (Wildman–Crippen MR) is 80.6 cm³/mol. The molecule has 0 saturated carbocycles. The minimum absolute atomic E-state index is 0.196. The van der Waals surface area contributed by atoms with E-state index in [0.717, 1.165) is 11.3 Å². The van der Waals surface area contributed by atoms with E-state index in [9.17, 15) is 5.11 Å². The molecule has 1 N–H and O–H groups in total. The van der Waals surface area contributed by atoms with Crippen molar-refractivity contribution in [1.82, 2.24) is 0 Å². The smallest absolute Gasteiger partial charge is 0.119 e. The molecule has 2 rings (SSSR count). The lowest BCUT2D eigenvalue weighted by molar-refractivity contribution is 0.00548. The molecule has 0 aromatic heterocycles. The highest BCUT2D eigenvalue weighted by Gasteiger charge is 2.06. The SMILES string of the molecule is COc1ccc(OC[C@@H](O)COCc2ccccc2)cc1. The molecule has 0 spiro atoms. The minimum Gasteiger partial charge on any atom is -0.497 e. The molecule has 4 nitrogen and oxygen atoms in total. The molecule has 0 heterocycles. The fraction of sp³-hybridized carbons (Fsp3) is 0.294. The third-order valence-corrected chi connectivity index (χ3v) is 2.92. The zero-order chi connectivity index (χ0) is 14.9. The van der Waals surface area contributed by atoms with Gasteiger partial charge in [0.05, 0.1) is 20.3 Å².